The van der Waals surface area contributed by atoms with Gasteiger partial charge in [-0.2, -0.15) is 0 Å². The molecule has 1 heterocycles. The van der Waals surface area contributed by atoms with Gasteiger partial charge in [0.2, 0.25) is 5.91 Å². The highest BCUT2D eigenvalue weighted by molar-refractivity contribution is 5.90. The quantitative estimate of drug-likeness (QED) is 0.363. The van der Waals surface area contributed by atoms with Crippen LogP contribution in [0.15, 0.2) is 77.4 Å². The highest BCUT2D eigenvalue weighted by Crippen LogP contribution is 2.24. The summed E-state index contributed by atoms with van der Waals surface area (Å²) in [5.74, 6) is 0.540. The van der Waals surface area contributed by atoms with Gasteiger partial charge in [-0.3, -0.25) is 4.79 Å². The number of amides is 1. The van der Waals surface area contributed by atoms with Crippen LogP contribution in [0.2, 0.25) is 0 Å². The van der Waals surface area contributed by atoms with Crippen molar-refractivity contribution in [2.75, 3.05) is 11.7 Å². The summed E-state index contributed by atoms with van der Waals surface area (Å²) in [6.07, 6.45) is 0.870. The Morgan fingerprint density at radius 1 is 1.07 bits per heavy atom. The lowest BCUT2D eigenvalue weighted by Gasteiger charge is -2.22. The van der Waals surface area contributed by atoms with E-state index in [1.807, 2.05) is 36.4 Å². The fraction of sp³-hybridized carbons (Fsp3) is 0.190. The standard InChI is InChI=1S/C21H22N2O4/c1-16(24)23(22-15-26-14-20-8-5-13-27-20)19-11-9-18(10-12-19)21(25)17-6-3-2-4-7-17/h2-13,21-22,25H,14-15H2,1H3. The van der Waals surface area contributed by atoms with Gasteiger partial charge in [0.25, 0.3) is 0 Å². The fourth-order valence-corrected chi connectivity index (χ4v) is 2.67. The number of hydrazine groups is 1. The van der Waals surface area contributed by atoms with E-state index >= 15 is 0 Å². The summed E-state index contributed by atoms with van der Waals surface area (Å²) >= 11 is 0. The Hall–Kier alpha value is -2.93. The molecule has 1 amide bonds. The molecule has 140 valence electrons. The maximum absolute atomic E-state index is 11.9. The molecule has 0 aliphatic heterocycles. The Morgan fingerprint density at radius 2 is 1.78 bits per heavy atom. The number of anilines is 1. The predicted molar refractivity (Wildman–Crippen MR) is 102 cm³/mol. The van der Waals surface area contributed by atoms with E-state index in [1.165, 1.54) is 11.9 Å². The number of aliphatic hydroxyl groups is 1. The Balaban J connectivity index is 1.61. The molecular formula is C21H22N2O4. The van der Waals surface area contributed by atoms with Crippen LogP contribution in [0.4, 0.5) is 5.69 Å². The third-order valence-corrected chi connectivity index (χ3v) is 4.05. The Labute approximate surface area is 158 Å². The first-order valence-electron chi connectivity index (χ1n) is 8.62. The van der Waals surface area contributed by atoms with E-state index in [0.29, 0.717) is 18.1 Å². The molecule has 0 bridgehead atoms. The van der Waals surface area contributed by atoms with Crippen molar-refractivity contribution in [2.45, 2.75) is 19.6 Å². The van der Waals surface area contributed by atoms with E-state index in [2.05, 4.69) is 5.43 Å². The van der Waals surface area contributed by atoms with Gasteiger partial charge >= 0.3 is 0 Å². The van der Waals surface area contributed by atoms with Crippen molar-refractivity contribution < 1.29 is 19.1 Å². The Kier molecular flexibility index (Phi) is 6.38. The van der Waals surface area contributed by atoms with Crippen molar-refractivity contribution in [3.8, 4) is 0 Å². The zero-order valence-electron chi connectivity index (χ0n) is 15.0. The molecule has 3 rings (SSSR count). The molecule has 2 N–H and O–H groups in total. The summed E-state index contributed by atoms with van der Waals surface area (Å²) in [6.45, 7) is 1.93. The SMILES string of the molecule is CC(=O)N(NCOCc1ccco1)c1ccc(C(O)c2ccccc2)cc1. The minimum absolute atomic E-state index is 0.147. The van der Waals surface area contributed by atoms with E-state index in [1.54, 1.807) is 36.6 Å². The third kappa shape index (κ3) is 5.04. The zero-order chi connectivity index (χ0) is 19.1. The number of nitrogens with one attached hydrogen (secondary N) is 1. The van der Waals surface area contributed by atoms with Crippen molar-refractivity contribution in [2.24, 2.45) is 0 Å². The van der Waals surface area contributed by atoms with Crippen molar-refractivity contribution >= 4 is 11.6 Å². The normalized spacial score (nSPS) is 11.9. The molecule has 1 aromatic heterocycles. The molecule has 0 saturated carbocycles. The van der Waals surface area contributed by atoms with E-state index in [0.717, 1.165) is 11.1 Å². The molecule has 1 atom stereocenters. The number of nitrogens with zero attached hydrogens (tertiary/aromatic N) is 1. The van der Waals surface area contributed by atoms with Gasteiger partial charge in [0.05, 0.1) is 12.0 Å². The maximum Gasteiger partial charge on any atom is 0.238 e. The van der Waals surface area contributed by atoms with E-state index < -0.39 is 6.10 Å². The lowest BCUT2D eigenvalue weighted by Crippen LogP contribution is -2.42. The van der Waals surface area contributed by atoms with E-state index in [4.69, 9.17) is 9.15 Å². The van der Waals surface area contributed by atoms with Crippen LogP contribution in [-0.4, -0.2) is 17.7 Å². The van der Waals surface area contributed by atoms with Crippen LogP contribution < -0.4 is 10.4 Å². The number of hydrogen-bond acceptors (Lipinski definition) is 5. The number of ether oxygens (including phenoxy) is 1. The largest absolute Gasteiger partial charge is 0.467 e. The number of aliphatic hydroxyl groups excluding tert-OH is 1. The Bertz CT molecular complexity index is 832. The van der Waals surface area contributed by atoms with Gasteiger partial charge in [-0.25, -0.2) is 10.4 Å². The van der Waals surface area contributed by atoms with Gasteiger partial charge in [-0.05, 0) is 35.4 Å². The third-order valence-electron chi connectivity index (χ3n) is 4.05. The summed E-state index contributed by atoms with van der Waals surface area (Å²) in [4.78, 5) is 11.9. The van der Waals surface area contributed by atoms with E-state index in [-0.39, 0.29) is 12.6 Å². The lowest BCUT2D eigenvalue weighted by atomic mass is 10.0. The molecule has 0 saturated heterocycles. The molecular weight excluding hydrogens is 344 g/mol. The molecule has 3 aromatic rings. The zero-order valence-corrected chi connectivity index (χ0v) is 15.0. The number of carbonyl (C=O) groups excluding carboxylic acids is 1. The molecule has 27 heavy (non-hydrogen) atoms. The van der Waals surface area contributed by atoms with Crippen LogP contribution in [0.5, 0.6) is 0 Å². The number of hydrogen-bond donors (Lipinski definition) is 2. The van der Waals surface area contributed by atoms with Gasteiger partial charge in [-0.1, -0.05) is 42.5 Å². The van der Waals surface area contributed by atoms with Gasteiger partial charge in [0.15, 0.2) is 0 Å². The minimum Gasteiger partial charge on any atom is -0.467 e. The molecule has 2 aromatic carbocycles. The summed E-state index contributed by atoms with van der Waals surface area (Å²) in [6, 6.07) is 20.2. The monoisotopic (exact) mass is 366 g/mol. The van der Waals surface area contributed by atoms with Gasteiger partial charge in [0.1, 0.15) is 25.2 Å². The highest BCUT2D eigenvalue weighted by atomic mass is 16.5. The van der Waals surface area contributed by atoms with E-state index in [9.17, 15) is 9.90 Å². The topological polar surface area (TPSA) is 74.9 Å². The number of rotatable bonds is 8. The Morgan fingerprint density at radius 3 is 2.41 bits per heavy atom. The first-order chi connectivity index (χ1) is 13.1. The average molecular weight is 366 g/mol. The average Bonchev–Trinajstić information content (AvgIpc) is 3.21. The summed E-state index contributed by atoms with van der Waals surface area (Å²) in [5.41, 5.74) is 5.17. The van der Waals surface area contributed by atoms with Crippen LogP contribution in [0, 0.1) is 0 Å². The van der Waals surface area contributed by atoms with Crippen molar-refractivity contribution in [3.05, 3.63) is 89.9 Å². The van der Waals surface area contributed by atoms with Crippen LogP contribution in [0.3, 0.4) is 0 Å². The second kappa shape index (κ2) is 9.14. The minimum atomic E-state index is -0.712. The van der Waals surface area contributed by atoms with Gasteiger partial charge in [0, 0.05) is 6.92 Å². The van der Waals surface area contributed by atoms with Crippen LogP contribution in [-0.2, 0) is 16.1 Å². The molecule has 6 heteroatoms. The van der Waals surface area contributed by atoms with Crippen molar-refractivity contribution in [1.29, 1.82) is 0 Å². The number of furan rings is 1. The molecule has 0 aliphatic rings. The summed E-state index contributed by atoms with van der Waals surface area (Å²) in [7, 11) is 0. The maximum atomic E-state index is 11.9. The molecule has 1 unspecified atom stereocenters. The second-order valence-corrected chi connectivity index (χ2v) is 5.99. The lowest BCUT2D eigenvalue weighted by molar-refractivity contribution is -0.117. The second-order valence-electron chi connectivity index (χ2n) is 5.99. The smallest absolute Gasteiger partial charge is 0.238 e. The fourth-order valence-electron chi connectivity index (χ4n) is 2.67. The van der Waals surface area contributed by atoms with Crippen LogP contribution in [0.25, 0.3) is 0 Å². The number of benzene rings is 2. The summed E-state index contributed by atoms with van der Waals surface area (Å²) < 4.78 is 10.6. The predicted octanol–water partition coefficient (Wildman–Crippen LogP) is 3.39. The van der Waals surface area contributed by atoms with Gasteiger partial charge < -0.3 is 14.3 Å². The summed E-state index contributed by atoms with van der Waals surface area (Å²) in [5, 5.41) is 11.9. The van der Waals surface area contributed by atoms with Crippen molar-refractivity contribution in [3.63, 3.8) is 0 Å². The van der Waals surface area contributed by atoms with Crippen molar-refractivity contribution in [1.82, 2.24) is 5.43 Å². The van der Waals surface area contributed by atoms with Gasteiger partial charge in [-0.15, -0.1) is 0 Å². The molecule has 0 spiro atoms. The molecule has 0 fully saturated rings. The molecule has 6 nitrogen and oxygen atoms in total. The van der Waals surface area contributed by atoms with Crippen LogP contribution >= 0.6 is 0 Å². The van der Waals surface area contributed by atoms with Crippen LogP contribution in [0.1, 0.15) is 29.9 Å². The molecule has 0 radical (unpaired) electrons. The molecule has 0 aliphatic carbocycles. The number of carbonyl (C=O) groups is 1. The first kappa shape index (κ1) is 18.8. The highest BCUT2D eigenvalue weighted by Gasteiger charge is 2.14. The first-order valence-corrected chi connectivity index (χ1v) is 8.62.